The van der Waals surface area contributed by atoms with Crippen molar-refractivity contribution in [2.45, 2.75) is 12.3 Å². The van der Waals surface area contributed by atoms with Gasteiger partial charge in [0, 0.05) is 20.2 Å². The predicted molar refractivity (Wildman–Crippen MR) is 97.4 cm³/mol. The third kappa shape index (κ3) is 4.20. The maximum atomic E-state index is 12.3. The molecule has 0 aromatic heterocycles. The third-order valence-electron chi connectivity index (χ3n) is 2.88. The minimum absolute atomic E-state index is 0.107. The molecule has 2 aromatic carbocycles. The van der Waals surface area contributed by atoms with Gasteiger partial charge in [-0.3, -0.25) is 4.79 Å². The molecule has 0 fully saturated rings. The van der Waals surface area contributed by atoms with E-state index < -0.39 is 0 Å². The van der Waals surface area contributed by atoms with Gasteiger partial charge in [0.15, 0.2) is 0 Å². The molecule has 0 unspecified atom stereocenters. The maximum Gasteiger partial charge on any atom is 0.256 e. The number of rotatable bonds is 5. The number of carbonyl (C=O) groups is 1. The molecule has 5 heteroatoms. The van der Waals surface area contributed by atoms with E-state index in [0.717, 1.165) is 20.6 Å². The van der Waals surface area contributed by atoms with Crippen LogP contribution in [0, 0.1) is 3.57 Å². The highest BCUT2D eigenvalue weighted by Gasteiger charge is 2.11. The molecule has 110 valence electrons. The van der Waals surface area contributed by atoms with Crippen molar-refractivity contribution in [3.8, 4) is 5.75 Å². The molecule has 2 aromatic rings. The van der Waals surface area contributed by atoms with E-state index in [0.29, 0.717) is 17.5 Å². The molecule has 1 N–H and O–H groups in total. The summed E-state index contributed by atoms with van der Waals surface area (Å²) in [5.41, 5.74) is 2.45. The van der Waals surface area contributed by atoms with Gasteiger partial charge in [0.2, 0.25) is 0 Å². The van der Waals surface area contributed by atoms with Gasteiger partial charge in [-0.15, -0.1) is 0 Å². The summed E-state index contributed by atoms with van der Waals surface area (Å²) in [6, 6.07) is 13.2. The Kier molecular flexibility index (Phi) is 6.05. The predicted octanol–water partition coefficient (Wildman–Crippen LogP) is 4.84. The number of nitrogens with one attached hydrogen (secondary N) is 1. The Morgan fingerprint density at radius 3 is 2.71 bits per heavy atom. The number of ether oxygens (including phenoxy) is 1. The highest BCUT2D eigenvalue weighted by Crippen LogP contribution is 2.25. The van der Waals surface area contributed by atoms with Crippen molar-refractivity contribution in [1.29, 1.82) is 0 Å². The number of alkyl halides is 1. The highest BCUT2D eigenvalue weighted by molar-refractivity contribution is 14.1. The first-order chi connectivity index (χ1) is 10.2. The Labute approximate surface area is 146 Å². The molecule has 0 aliphatic rings. The fraction of sp³-hybridized carbons (Fsp3) is 0.188. The van der Waals surface area contributed by atoms with E-state index in [1.807, 2.05) is 49.4 Å². The van der Waals surface area contributed by atoms with Gasteiger partial charge in [0.05, 0.1) is 12.2 Å². The average Bonchev–Trinajstić information content (AvgIpc) is 2.49. The van der Waals surface area contributed by atoms with E-state index >= 15 is 0 Å². The van der Waals surface area contributed by atoms with Crippen LogP contribution in [0.25, 0.3) is 0 Å². The molecule has 0 spiro atoms. The van der Waals surface area contributed by atoms with Crippen LogP contribution in [0.4, 0.5) is 5.69 Å². The Morgan fingerprint density at radius 2 is 2.05 bits per heavy atom. The molecule has 21 heavy (non-hydrogen) atoms. The number of hydrogen-bond acceptors (Lipinski definition) is 2. The van der Waals surface area contributed by atoms with E-state index in [1.54, 1.807) is 0 Å². The first kappa shape index (κ1) is 16.3. The molecular weight excluding hydrogens is 445 g/mol. The van der Waals surface area contributed by atoms with Crippen LogP contribution in [0.1, 0.15) is 22.8 Å². The zero-order valence-electron chi connectivity index (χ0n) is 11.5. The number of amides is 1. The van der Waals surface area contributed by atoms with Crippen LogP contribution in [-0.2, 0) is 5.33 Å². The standard InChI is InChI=1S/C16H15BrINO2/c1-2-21-15-8-7-12(9-11(15)10-17)19-16(20)13-5-3-4-6-14(13)18/h3-9H,2,10H2,1H3,(H,19,20). The van der Waals surface area contributed by atoms with Crippen LogP contribution in [0.15, 0.2) is 42.5 Å². The van der Waals surface area contributed by atoms with Gasteiger partial charge >= 0.3 is 0 Å². The monoisotopic (exact) mass is 459 g/mol. The second kappa shape index (κ2) is 7.79. The van der Waals surface area contributed by atoms with E-state index in [9.17, 15) is 4.79 Å². The first-order valence-corrected chi connectivity index (χ1v) is 8.73. The summed E-state index contributed by atoms with van der Waals surface area (Å²) in [6.07, 6.45) is 0. The SMILES string of the molecule is CCOc1ccc(NC(=O)c2ccccc2I)cc1CBr. The summed E-state index contributed by atoms with van der Waals surface area (Å²) in [7, 11) is 0. The number of hydrogen-bond donors (Lipinski definition) is 1. The molecule has 0 heterocycles. The summed E-state index contributed by atoms with van der Waals surface area (Å²) in [6.45, 7) is 2.57. The van der Waals surface area contributed by atoms with Gasteiger partial charge < -0.3 is 10.1 Å². The van der Waals surface area contributed by atoms with Crippen molar-refractivity contribution in [3.63, 3.8) is 0 Å². The van der Waals surface area contributed by atoms with Crippen molar-refractivity contribution in [3.05, 3.63) is 57.2 Å². The maximum absolute atomic E-state index is 12.3. The van der Waals surface area contributed by atoms with Crippen LogP contribution >= 0.6 is 38.5 Å². The fourth-order valence-corrected chi connectivity index (χ4v) is 2.97. The average molecular weight is 460 g/mol. The zero-order chi connectivity index (χ0) is 15.2. The number of carbonyl (C=O) groups excluding carboxylic acids is 1. The quantitative estimate of drug-likeness (QED) is 0.513. The van der Waals surface area contributed by atoms with Crippen molar-refractivity contribution >= 4 is 50.1 Å². The summed E-state index contributed by atoms with van der Waals surface area (Å²) < 4.78 is 6.48. The van der Waals surface area contributed by atoms with Gasteiger partial charge in [-0.1, -0.05) is 28.1 Å². The summed E-state index contributed by atoms with van der Waals surface area (Å²) >= 11 is 5.60. The molecule has 0 aliphatic carbocycles. The zero-order valence-corrected chi connectivity index (χ0v) is 15.3. The second-order valence-electron chi connectivity index (χ2n) is 4.32. The molecule has 1 amide bonds. The molecule has 2 rings (SSSR count). The van der Waals surface area contributed by atoms with E-state index in [-0.39, 0.29) is 5.91 Å². The summed E-state index contributed by atoms with van der Waals surface area (Å²) in [5, 5.41) is 3.60. The molecule has 0 saturated heterocycles. The van der Waals surface area contributed by atoms with Gasteiger partial charge in [-0.05, 0) is 59.8 Å². The summed E-state index contributed by atoms with van der Waals surface area (Å²) in [5.74, 6) is 0.728. The van der Waals surface area contributed by atoms with Crippen LogP contribution in [0.3, 0.4) is 0 Å². The number of benzene rings is 2. The number of anilines is 1. The van der Waals surface area contributed by atoms with Gasteiger partial charge in [0.1, 0.15) is 5.75 Å². The van der Waals surface area contributed by atoms with Gasteiger partial charge in [-0.25, -0.2) is 0 Å². The topological polar surface area (TPSA) is 38.3 Å². The lowest BCUT2D eigenvalue weighted by molar-refractivity contribution is 0.102. The Hall–Kier alpha value is -1.08. The molecule has 0 aliphatic heterocycles. The largest absolute Gasteiger partial charge is 0.494 e. The molecule has 0 radical (unpaired) electrons. The molecule has 0 atom stereocenters. The Morgan fingerprint density at radius 1 is 1.29 bits per heavy atom. The normalized spacial score (nSPS) is 10.2. The van der Waals surface area contributed by atoms with Crippen LogP contribution < -0.4 is 10.1 Å². The minimum atomic E-state index is -0.107. The van der Waals surface area contributed by atoms with Gasteiger partial charge in [0.25, 0.3) is 5.91 Å². The van der Waals surface area contributed by atoms with E-state index in [4.69, 9.17) is 4.74 Å². The van der Waals surface area contributed by atoms with Crippen LogP contribution in [-0.4, -0.2) is 12.5 Å². The van der Waals surface area contributed by atoms with E-state index in [2.05, 4.69) is 43.8 Å². The van der Waals surface area contributed by atoms with Crippen LogP contribution in [0.5, 0.6) is 5.75 Å². The molecular formula is C16H15BrINO2. The molecule has 0 saturated carbocycles. The third-order valence-corrected chi connectivity index (χ3v) is 4.43. The highest BCUT2D eigenvalue weighted by atomic mass is 127. The van der Waals surface area contributed by atoms with Crippen molar-refractivity contribution < 1.29 is 9.53 Å². The van der Waals surface area contributed by atoms with Crippen molar-refractivity contribution in [2.75, 3.05) is 11.9 Å². The van der Waals surface area contributed by atoms with Crippen molar-refractivity contribution in [2.24, 2.45) is 0 Å². The lowest BCUT2D eigenvalue weighted by Crippen LogP contribution is -2.13. The van der Waals surface area contributed by atoms with Crippen LogP contribution in [0.2, 0.25) is 0 Å². The van der Waals surface area contributed by atoms with Gasteiger partial charge in [-0.2, -0.15) is 0 Å². The molecule has 3 nitrogen and oxygen atoms in total. The Balaban J connectivity index is 2.20. The lowest BCUT2D eigenvalue weighted by atomic mass is 10.1. The fourth-order valence-electron chi connectivity index (χ4n) is 1.90. The minimum Gasteiger partial charge on any atom is -0.494 e. The lowest BCUT2D eigenvalue weighted by Gasteiger charge is -2.12. The Bertz CT molecular complexity index is 646. The smallest absolute Gasteiger partial charge is 0.256 e. The van der Waals surface area contributed by atoms with E-state index in [1.165, 1.54) is 0 Å². The molecule has 0 bridgehead atoms. The second-order valence-corrected chi connectivity index (χ2v) is 6.05. The summed E-state index contributed by atoms with van der Waals surface area (Å²) in [4.78, 5) is 12.3. The first-order valence-electron chi connectivity index (χ1n) is 6.53. The van der Waals surface area contributed by atoms with Crippen molar-refractivity contribution in [1.82, 2.24) is 0 Å². The number of halogens is 2.